The molecule has 2 aliphatic rings. The maximum Gasteiger partial charge on any atom is 0.125 e. The van der Waals surface area contributed by atoms with Crippen LogP contribution < -0.4 is 4.90 Å². The zero-order valence-electron chi connectivity index (χ0n) is 12.5. The van der Waals surface area contributed by atoms with Gasteiger partial charge in [0, 0.05) is 39.2 Å². The highest BCUT2D eigenvalue weighted by molar-refractivity contribution is 5.87. The monoisotopic (exact) mass is 291 g/mol. The molecule has 1 aromatic carbocycles. The number of nitrogens with zero attached hydrogens (tertiary/aromatic N) is 3. The van der Waals surface area contributed by atoms with E-state index in [2.05, 4.69) is 16.8 Å². The molecular formula is C16H22FN3O. The van der Waals surface area contributed by atoms with Crippen molar-refractivity contribution in [3.8, 4) is 0 Å². The van der Waals surface area contributed by atoms with Crippen molar-refractivity contribution in [1.29, 1.82) is 0 Å². The molecule has 0 N–H and O–H groups in total. The zero-order valence-corrected chi connectivity index (χ0v) is 12.5. The number of halogens is 1. The van der Waals surface area contributed by atoms with Gasteiger partial charge in [0.15, 0.2) is 0 Å². The molecule has 0 bridgehead atoms. The van der Waals surface area contributed by atoms with E-state index in [4.69, 9.17) is 9.73 Å². The third-order valence-corrected chi connectivity index (χ3v) is 4.12. The highest BCUT2D eigenvalue weighted by atomic mass is 19.1. The smallest absolute Gasteiger partial charge is 0.125 e. The Bertz CT molecular complexity index is 526. The summed E-state index contributed by atoms with van der Waals surface area (Å²) in [5.41, 5.74) is 1.74. The van der Waals surface area contributed by atoms with Crippen LogP contribution in [0.3, 0.4) is 0 Å². The van der Waals surface area contributed by atoms with Gasteiger partial charge in [-0.2, -0.15) is 0 Å². The summed E-state index contributed by atoms with van der Waals surface area (Å²) in [6.45, 7) is 4.13. The van der Waals surface area contributed by atoms with E-state index >= 15 is 0 Å². The lowest BCUT2D eigenvalue weighted by molar-refractivity contribution is 0.123. The van der Waals surface area contributed by atoms with Crippen molar-refractivity contribution < 1.29 is 9.13 Å². The van der Waals surface area contributed by atoms with Gasteiger partial charge in [0.25, 0.3) is 0 Å². The molecule has 5 heteroatoms. The van der Waals surface area contributed by atoms with E-state index < -0.39 is 0 Å². The van der Waals surface area contributed by atoms with Crippen molar-refractivity contribution in [3.05, 3.63) is 24.0 Å². The molecule has 0 aromatic heterocycles. The predicted molar refractivity (Wildman–Crippen MR) is 83.0 cm³/mol. The van der Waals surface area contributed by atoms with Crippen LogP contribution in [0.25, 0.3) is 0 Å². The lowest BCUT2D eigenvalue weighted by Gasteiger charge is -2.31. The number of likely N-dealkylation sites (tertiary alicyclic amines) is 1. The van der Waals surface area contributed by atoms with Crippen LogP contribution in [0.4, 0.5) is 15.8 Å². The first-order chi connectivity index (χ1) is 10.2. The van der Waals surface area contributed by atoms with Gasteiger partial charge in [0.1, 0.15) is 11.7 Å². The number of aliphatic imine (C=N–C) groups is 1. The Kier molecular flexibility index (Phi) is 4.39. The van der Waals surface area contributed by atoms with E-state index in [-0.39, 0.29) is 5.82 Å². The van der Waals surface area contributed by atoms with Crippen molar-refractivity contribution in [2.45, 2.75) is 19.3 Å². The number of piperidine rings is 1. The first-order valence-corrected chi connectivity index (χ1v) is 7.65. The summed E-state index contributed by atoms with van der Waals surface area (Å²) in [6.07, 6.45) is 3.33. The van der Waals surface area contributed by atoms with Gasteiger partial charge in [-0.1, -0.05) is 0 Å². The molecule has 3 rings (SSSR count). The van der Waals surface area contributed by atoms with E-state index in [0.29, 0.717) is 13.2 Å². The minimum absolute atomic E-state index is 0.232. The maximum atomic E-state index is 13.6. The average molecular weight is 291 g/mol. The van der Waals surface area contributed by atoms with E-state index in [1.54, 1.807) is 6.07 Å². The predicted octanol–water partition coefficient (Wildman–Crippen LogP) is 2.81. The fraction of sp³-hybridized carbons (Fsp3) is 0.562. The first-order valence-electron chi connectivity index (χ1n) is 7.65. The van der Waals surface area contributed by atoms with Crippen LogP contribution in [0.1, 0.15) is 19.3 Å². The van der Waals surface area contributed by atoms with Crippen LogP contribution >= 0.6 is 0 Å². The van der Waals surface area contributed by atoms with Gasteiger partial charge in [0.05, 0.1) is 24.6 Å². The summed E-state index contributed by atoms with van der Waals surface area (Å²) in [5, 5.41) is 0. The van der Waals surface area contributed by atoms with Gasteiger partial charge in [-0.05, 0) is 25.0 Å². The molecule has 0 spiro atoms. The molecule has 1 aromatic rings. The largest absolute Gasteiger partial charge is 0.378 e. The van der Waals surface area contributed by atoms with Crippen LogP contribution in [-0.2, 0) is 4.74 Å². The van der Waals surface area contributed by atoms with Gasteiger partial charge in [-0.25, -0.2) is 9.38 Å². The summed E-state index contributed by atoms with van der Waals surface area (Å²) in [5.74, 6) is 0.825. The van der Waals surface area contributed by atoms with Crippen molar-refractivity contribution in [3.63, 3.8) is 0 Å². The van der Waals surface area contributed by atoms with Crippen LogP contribution in [0, 0.1) is 5.82 Å². The Morgan fingerprint density at radius 2 is 1.95 bits per heavy atom. The molecule has 0 saturated carbocycles. The Hall–Kier alpha value is -1.62. The summed E-state index contributed by atoms with van der Waals surface area (Å²) >= 11 is 0. The standard InChI is InChI=1S/C16H22FN3O/c1-19-7-3-2-4-16(19)18-14-12-13(17)5-6-15(14)20-8-10-21-11-9-20/h5-6,12H,2-4,7-11H2,1H3/b18-16+. The molecule has 2 aliphatic heterocycles. The lowest BCUT2D eigenvalue weighted by atomic mass is 10.1. The van der Waals surface area contributed by atoms with Crippen molar-refractivity contribution in [1.82, 2.24) is 4.90 Å². The van der Waals surface area contributed by atoms with Crippen LogP contribution in [0.15, 0.2) is 23.2 Å². The fourth-order valence-electron chi connectivity index (χ4n) is 2.89. The van der Waals surface area contributed by atoms with Gasteiger partial charge in [-0.3, -0.25) is 0 Å². The Morgan fingerprint density at radius 1 is 1.14 bits per heavy atom. The summed E-state index contributed by atoms with van der Waals surface area (Å²) in [6, 6.07) is 4.89. The molecule has 114 valence electrons. The Balaban J connectivity index is 1.92. The van der Waals surface area contributed by atoms with Gasteiger partial charge in [-0.15, -0.1) is 0 Å². The number of amidine groups is 1. The number of ether oxygens (including phenoxy) is 1. The molecule has 0 amide bonds. The second-order valence-corrected chi connectivity index (χ2v) is 5.64. The Morgan fingerprint density at radius 3 is 2.71 bits per heavy atom. The number of hydrogen-bond donors (Lipinski definition) is 0. The van der Waals surface area contributed by atoms with Crippen LogP contribution in [0.5, 0.6) is 0 Å². The molecule has 2 heterocycles. The molecule has 0 atom stereocenters. The number of benzene rings is 1. The minimum Gasteiger partial charge on any atom is -0.378 e. The normalized spacial score (nSPS) is 21.9. The molecule has 2 fully saturated rings. The van der Waals surface area contributed by atoms with E-state index in [0.717, 1.165) is 49.7 Å². The lowest BCUT2D eigenvalue weighted by Crippen LogP contribution is -2.36. The van der Waals surface area contributed by atoms with Crippen molar-refractivity contribution >= 4 is 17.2 Å². The SMILES string of the molecule is CN1CCCC/C1=N\c1cc(F)ccc1N1CCOCC1. The molecule has 0 unspecified atom stereocenters. The average Bonchev–Trinajstić information content (AvgIpc) is 2.51. The number of morpholine rings is 1. The van der Waals surface area contributed by atoms with Crippen LogP contribution in [0.2, 0.25) is 0 Å². The Labute approximate surface area is 125 Å². The van der Waals surface area contributed by atoms with Crippen LogP contribution in [-0.4, -0.2) is 50.6 Å². The second-order valence-electron chi connectivity index (χ2n) is 5.64. The van der Waals surface area contributed by atoms with E-state index in [1.165, 1.54) is 12.5 Å². The third kappa shape index (κ3) is 3.35. The molecular weight excluding hydrogens is 269 g/mol. The highest BCUT2D eigenvalue weighted by Crippen LogP contribution is 2.31. The maximum absolute atomic E-state index is 13.6. The van der Waals surface area contributed by atoms with E-state index in [1.807, 2.05) is 6.07 Å². The van der Waals surface area contributed by atoms with Crippen molar-refractivity contribution in [2.75, 3.05) is 44.8 Å². The number of hydrogen-bond acceptors (Lipinski definition) is 3. The topological polar surface area (TPSA) is 28.1 Å². The molecule has 2 saturated heterocycles. The van der Waals surface area contributed by atoms with Gasteiger partial charge >= 0.3 is 0 Å². The molecule has 0 radical (unpaired) electrons. The minimum atomic E-state index is -0.232. The molecule has 4 nitrogen and oxygen atoms in total. The first kappa shape index (κ1) is 14.3. The van der Waals surface area contributed by atoms with Crippen molar-refractivity contribution in [2.24, 2.45) is 4.99 Å². The number of anilines is 1. The third-order valence-electron chi connectivity index (χ3n) is 4.12. The van der Waals surface area contributed by atoms with Gasteiger partial charge < -0.3 is 14.5 Å². The van der Waals surface area contributed by atoms with E-state index in [9.17, 15) is 4.39 Å². The second kappa shape index (κ2) is 6.43. The summed E-state index contributed by atoms with van der Waals surface area (Å²) in [4.78, 5) is 9.16. The zero-order chi connectivity index (χ0) is 14.7. The molecule has 21 heavy (non-hydrogen) atoms. The molecule has 0 aliphatic carbocycles. The fourth-order valence-corrected chi connectivity index (χ4v) is 2.89. The summed E-state index contributed by atoms with van der Waals surface area (Å²) < 4.78 is 19.0. The van der Waals surface area contributed by atoms with Gasteiger partial charge in [0.2, 0.25) is 0 Å². The summed E-state index contributed by atoms with van der Waals surface area (Å²) in [7, 11) is 2.06. The number of rotatable bonds is 2. The highest BCUT2D eigenvalue weighted by Gasteiger charge is 2.17. The quantitative estimate of drug-likeness (QED) is 0.838.